The number of hydrogen-bond donors (Lipinski definition) is 1. The summed E-state index contributed by atoms with van der Waals surface area (Å²) in [6.45, 7) is 5.36. The second kappa shape index (κ2) is 10.0. The van der Waals surface area contributed by atoms with Crippen LogP contribution in [-0.2, 0) is 9.59 Å². The largest absolute Gasteiger partial charge is 0.482 e. The zero-order chi connectivity index (χ0) is 19.1. The second-order valence-electron chi connectivity index (χ2n) is 6.54. The summed E-state index contributed by atoms with van der Waals surface area (Å²) in [5, 5.41) is 3.85. The summed E-state index contributed by atoms with van der Waals surface area (Å²) in [7, 11) is 0. The molecule has 0 spiro atoms. The molecular formula is C19H26Cl2N2O3. The Morgan fingerprint density at radius 2 is 1.88 bits per heavy atom. The second-order valence-corrected chi connectivity index (χ2v) is 7.39. The van der Waals surface area contributed by atoms with Gasteiger partial charge in [0.2, 0.25) is 5.91 Å². The molecule has 1 aliphatic heterocycles. The Balaban J connectivity index is 1.75. The van der Waals surface area contributed by atoms with E-state index in [0.29, 0.717) is 28.9 Å². The number of benzene rings is 1. The fraction of sp³-hybridized carbons (Fsp3) is 0.579. The van der Waals surface area contributed by atoms with Gasteiger partial charge in [0.1, 0.15) is 5.75 Å². The van der Waals surface area contributed by atoms with E-state index in [1.165, 1.54) is 0 Å². The summed E-state index contributed by atoms with van der Waals surface area (Å²) in [5.41, 5.74) is 0. The SMILES string of the molecule is CCC(CC)C(=O)N1CCC(NC(=O)COc2ccc(Cl)cc2Cl)CC1. The van der Waals surface area contributed by atoms with E-state index in [1.54, 1.807) is 18.2 Å². The molecule has 1 aromatic carbocycles. The number of rotatable bonds is 7. The highest BCUT2D eigenvalue weighted by Gasteiger charge is 2.27. The minimum Gasteiger partial charge on any atom is -0.482 e. The number of hydrogen-bond acceptors (Lipinski definition) is 3. The van der Waals surface area contributed by atoms with Gasteiger partial charge in [-0.25, -0.2) is 0 Å². The molecule has 0 aliphatic carbocycles. The summed E-state index contributed by atoms with van der Waals surface area (Å²) in [4.78, 5) is 26.4. The lowest BCUT2D eigenvalue weighted by Crippen LogP contribution is -2.48. The van der Waals surface area contributed by atoms with Gasteiger partial charge in [0.25, 0.3) is 5.91 Å². The van der Waals surface area contributed by atoms with Crippen LogP contribution in [0.4, 0.5) is 0 Å². The zero-order valence-electron chi connectivity index (χ0n) is 15.3. The predicted molar refractivity (Wildman–Crippen MR) is 104 cm³/mol. The summed E-state index contributed by atoms with van der Waals surface area (Å²) in [6, 6.07) is 4.94. The number of halogens is 2. The molecular weight excluding hydrogens is 375 g/mol. The fourth-order valence-electron chi connectivity index (χ4n) is 3.15. The van der Waals surface area contributed by atoms with Crippen molar-refractivity contribution in [3.05, 3.63) is 28.2 Å². The van der Waals surface area contributed by atoms with Gasteiger partial charge in [0.05, 0.1) is 5.02 Å². The minimum atomic E-state index is -0.194. The van der Waals surface area contributed by atoms with E-state index >= 15 is 0 Å². The summed E-state index contributed by atoms with van der Waals surface area (Å²) < 4.78 is 5.45. The molecule has 0 unspecified atom stereocenters. The average Bonchev–Trinajstić information content (AvgIpc) is 2.62. The van der Waals surface area contributed by atoms with E-state index < -0.39 is 0 Å². The molecule has 2 rings (SSSR count). The van der Waals surface area contributed by atoms with Crippen molar-refractivity contribution in [2.45, 2.75) is 45.6 Å². The van der Waals surface area contributed by atoms with Gasteiger partial charge in [0.15, 0.2) is 6.61 Å². The van der Waals surface area contributed by atoms with Crippen molar-refractivity contribution in [1.82, 2.24) is 10.2 Å². The first-order chi connectivity index (χ1) is 12.4. The number of carbonyl (C=O) groups is 2. The first-order valence-electron chi connectivity index (χ1n) is 9.10. The average molecular weight is 401 g/mol. The molecule has 0 saturated carbocycles. The Morgan fingerprint density at radius 3 is 2.46 bits per heavy atom. The highest BCUT2D eigenvalue weighted by molar-refractivity contribution is 6.35. The molecule has 7 heteroatoms. The molecule has 0 bridgehead atoms. The lowest BCUT2D eigenvalue weighted by molar-refractivity contribution is -0.137. The third-order valence-corrected chi connectivity index (χ3v) is 5.29. The van der Waals surface area contributed by atoms with Crippen LogP contribution in [0.15, 0.2) is 18.2 Å². The third kappa shape index (κ3) is 5.78. The molecule has 0 aromatic heterocycles. The van der Waals surface area contributed by atoms with Gasteiger partial charge in [-0.1, -0.05) is 37.0 Å². The highest BCUT2D eigenvalue weighted by Crippen LogP contribution is 2.27. The smallest absolute Gasteiger partial charge is 0.258 e. The topological polar surface area (TPSA) is 58.6 Å². The van der Waals surface area contributed by atoms with E-state index in [4.69, 9.17) is 27.9 Å². The standard InChI is InChI=1S/C19H26Cl2N2O3/c1-3-13(4-2)19(25)23-9-7-15(8-10-23)22-18(24)12-26-17-6-5-14(20)11-16(17)21/h5-6,11,13,15H,3-4,7-10,12H2,1-2H3,(H,22,24). The van der Waals surface area contributed by atoms with E-state index in [-0.39, 0.29) is 30.4 Å². The molecule has 1 heterocycles. The number of nitrogens with zero attached hydrogens (tertiary/aromatic N) is 1. The van der Waals surface area contributed by atoms with Crippen LogP contribution in [0.1, 0.15) is 39.5 Å². The van der Waals surface area contributed by atoms with Crippen LogP contribution in [-0.4, -0.2) is 42.5 Å². The van der Waals surface area contributed by atoms with Crippen molar-refractivity contribution < 1.29 is 14.3 Å². The number of amides is 2. The maximum atomic E-state index is 12.4. The maximum Gasteiger partial charge on any atom is 0.258 e. The summed E-state index contributed by atoms with van der Waals surface area (Å²) in [6.07, 6.45) is 3.27. The van der Waals surface area contributed by atoms with Crippen LogP contribution in [0, 0.1) is 5.92 Å². The Morgan fingerprint density at radius 1 is 1.23 bits per heavy atom. The Labute approximate surface area is 165 Å². The molecule has 1 aliphatic rings. The fourth-order valence-corrected chi connectivity index (χ4v) is 3.61. The molecule has 0 radical (unpaired) electrons. The third-order valence-electron chi connectivity index (χ3n) is 4.76. The van der Waals surface area contributed by atoms with Crippen molar-refractivity contribution in [2.75, 3.05) is 19.7 Å². The summed E-state index contributed by atoms with van der Waals surface area (Å²) >= 11 is 11.9. The molecule has 1 fully saturated rings. The normalized spacial score (nSPS) is 15.2. The quantitative estimate of drug-likeness (QED) is 0.754. The van der Waals surface area contributed by atoms with E-state index in [2.05, 4.69) is 5.32 Å². The molecule has 1 N–H and O–H groups in total. The van der Waals surface area contributed by atoms with Gasteiger partial charge >= 0.3 is 0 Å². The van der Waals surface area contributed by atoms with E-state index in [0.717, 1.165) is 25.7 Å². The highest BCUT2D eigenvalue weighted by atomic mass is 35.5. The van der Waals surface area contributed by atoms with Gasteiger partial charge in [-0.2, -0.15) is 0 Å². The molecule has 1 saturated heterocycles. The number of likely N-dealkylation sites (tertiary alicyclic amines) is 1. The first-order valence-corrected chi connectivity index (χ1v) is 9.86. The molecule has 26 heavy (non-hydrogen) atoms. The Kier molecular flexibility index (Phi) is 8.04. The number of carbonyl (C=O) groups excluding carboxylic acids is 2. The van der Waals surface area contributed by atoms with Crippen LogP contribution >= 0.6 is 23.2 Å². The first kappa shape index (κ1) is 20.8. The molecule has 144 valence electrons. The van der Waals surface area contributed by atoms with Gasteiger partial charge in [-0.15, -0.1) is 0 Å². The summed E-state index contributed by atoms with van der Waals surface area (Å²) in [5.74, 6) is 0.580. The molecule has 0 atom stereocenters. The van der Waals surface area contributed by atoms with Crippen LogP contribution in [0.5, 0.6) is 5.75 Å². The maximum absolute atomic E-state index is 12.4. The lowest BCUT2D eigenvalue weighted by atomic mass is 9.98. The zero-order valence-corrected chi connectivity index (χ0v) is 16.8. The van der Waals surface area contributed by atoms with Crippen molar-refractivity contribution >= 4 is 35.0 Å². The Hall–Kier alpha value is -1.46. The van der Waals surface area contributed by atoms with Crippen molar-refractivity contribution in [2.24, 2.45) is 5.92 Å². The van der Waals surface area contributed by atoms with E-state index in [9.17, 15) is 9.59 Å². The number of piperidine rings is 1. The minimum absolute atomic E-state index is 0.0672. The van der Waals surface area contributed by atoms with Gasteiger partial charge in [0, 0.05) is 30.1 Å². The van der Waals surface area contributed by atoms with Crippen molar-refractivity contribution in [3.8, 4) is 5.75 Å². The van der Waals surface area contributed by atoms with Gasteiger partial charge < -0.3 is 15.0 Å². The number of nitrogens with one attached hydrogen (secondary N) is 1. The van der Waals surface area contributed by atoms with Crippen LogP contribution in [0.2, 0.25) is 10.0 Å². The van der Waals surface area contributed by atoms with Crippen molar-refractivity contribution in [1.29, 1.82) is 0 Å². The number of ether oxygens (including phenoxy) is 1. The van der Waals surface area contributed by atoms with Gasteiger partial charge in [-0.3, -0.25) is 9.59 Å². The van der Waals surface area contributed by atoms with Gasteiger partial charge in [-0.05, 0) is 43.9 Å². The molecule has 1 aromatic rings. The Bertz CT molecular complexity index is 627. The van der Waals surface area contributed by atoms with Crippen LogP contribution < -0.4 is 10.1 Å². The van der Waals surface area contributed by atoms with Crippen LogP contribution in [0.25, 0.3) is 0 Å². The van der Waals surface area contributed by atoms with Crippen LogP contribution in [0.3, 0.4) is 0 Å². The monoisotopic (exact) mass is 400 g/mol. The molecule has 2 amide bonds. The molecule has 5 nitrogen and oxygen atoms in total. The lowest BCUT2D eigenvalue weighted by Gasteiger charge is -2.34. The van der Waals surface area contributed by atoms with E-state index in [1.807, 2.05) is 18.7 Å². The van der Waals surface area contributed by atoms with Crippen molar-refractivity contribution in [3.63, 3.8) is 0 Å². The predicted octanol–water partition coefficient (Wildman–Crippen LogP) is 3.92.